The van der Waals surface area contributed by atoms with Gasteiger partial charge in [0.05, 0.1) is 5.69 Å². The highest BCUT2D eigenvalue weighted by Gasteiger charge is 2.00. The van der Waals surface area contributed by atoms with Crippen LogP contribution in [0.4, 0.5) is 17.3 Å². The highest BCUT2D eigenvalue weighted by Crippen LogP contribution is 2.20. The molecule has 2 rings (SSSR count). The number of hydrogen-bond acceptors (Lipinski definition) is 5. The maximum Gasteiger partial charge on any atom is 0.267 e. The lowest BCUT2D eigenvalue weighted by atomic mass is 10.3. The second-order valence-corrected chi connectivity index (χ2v) is 3.99. The third-order valence-corrected chi connectivity index (χ3v) is 2.52. The van der Waals surface area contributed by atoms with Gasteiger partial charge in [0.25, 0.3) is 5.95 Å². The molecule has 0 saturated carbocycles. The van der Waals surface area contributed by atoms with Gasteiger partial charge in [0, 0.05) is 26.3 Å². The SMILES string of the molecule is CCn1ncnc1N=Nc1ccc(N(C)C)cc1.Cl. The molecule has 6 nitrogen and oxygen atoms in total. The van der Waals surface area contributed by atoms with Crippen LogP contribution in [0.3, 0.4) is 0 Å². The first kappa shape index (κ1) is 15.1. The van der Waals surface area contributed by atoms with Crippen molar-refractivity contribution in [2.45, 2.75) is 13.5 Å². The van der Waals surface area contributed by atoms with Gasteiger partial charge >= 0.3 is 0 Å². The molecule has 0 atom stereocenters. The Balaban J connectivity index is 0.00000180. The minimum Gasteiger partial charge on any atom is -0.378 e. The zero-order valence-electron chi connectivity index (χ0n) is 11.2. The predicted octanol–water partition coefficient (Wildman–Crippen LogP) is 3.20. The normalized spacial score (nSPS) is 10.5. The van der Waals surface area contributed by atoms with E-state index in [-0.39, 0.29) is 12.4 Å². The van der Waals surface area contributed by atoms with Crippen molar-refractivity contribution in [3.63, 3.8) is 0 Å². The molecule has 0 aliphatic heterocycles. The van der Waals surface area contributed by atoms with Crippen LogP contribution in [0.5, 0.6) is 0 Å². The molecular formula is C12H17ClN6. The van der Waals surface area contributed by atoms with Gasteiger partial charge in [0.15, 0.2) is 0 Å². The Morgan fingerprint density at radius 3 is 2.42 bits per heavy atom. The lowest BCUT2D eigenvalue weighted by molar-refractivity contribution is 0.658. The quantitative estimate of drug-likeness (QED) is 0.808. The number of hydrogen-bond donors (Lipinski definition) is 0. The molecule has 1 heterocycles. The van der Waals surface area contributed by atoms with E-state index < -0.39 is 0 Å². The van der Waals surface area contributed by atoms with Crippen LogP contribution in [0.25, 0.3) is 0 Å². The van der Waals surface area contributed by atoms with Crippen LogP contribution in [0, 0.1) is 0 Å². The summed E-state index contributed by atoms with van der Waals surface area (Å²) in [5.74, 6) is 0.522. The molecule has 0 bridgehead atoms. The number of rotatable bonds is 4. The van der Waals surface area contributed by atoms with Crippen molar-refractivity contribution in [1.82, 2.24) is 14.8 Å². The van der Waals surface area contributed by atoms with Crippen LogP contribution in [-0.4, -0.2) is 28.9 Å². The molecule has 0 radical (unpaired) electrons. The van der Waals surface area contributed by atoms with Gasteiger partial charge in [-0.1, -0.05) is 0 Å². The Hall–Kier alpha value is -1.95. The Kier molecular flexibility index (Phi) is 5.44. The molecule has 102 valence electrons. The molecular weight excluding hydrogens is 264 g/mol. The van der Waals surface area contributed by atoms with Crippen molar-refractivity contribution in [2.75, 3.05) is 19.0 Å². The minimum absolute atomic E-state index is 0. The van der Waals surface area contributed by atoms with Crippen LogP contribution in [0.1, 0.15) is 6.92 Å². The summed E-state index contributed by atoms with van der Waals surface area (Å²) in [5.41, 5.74) is 1.93. The van der Waals surface area contributed by atoms with Crippen molar-refractivity contribution in [2.24, 2.45) is 10.2 Å². The summed E-state index contributed by atoms with van der Waals surface area (Å²) in [7, 11) is 4.00. The summed E-state index contributed by atoms with van der Waals surface area (Å²) >= 11 is 0. The third-order valence-electron chi connectivity index (χ3n) is 2.52. The monoisotopic (exact) mass is 280 g/mol. The molecule has 19 heavy (non-hydrogen) atoms. The molecule has 0 fully saturated rings. The molecule has 2 aromatic rings. The summed E-state index contributed by atoms with van der Waals surface area (Å²) in [5, 5.41) is 12.3. The van der Waals surface area contributed by atoms with E-state index in [1.165, 1.54) is 6.33 Å². The van der Waals surface area contributed by atoms with E-state index in [0.29, 0.717) is 5.95 Å². The van der Waals surface area contributed by atoms with Crippen molar-refractivity contribution < 1.29 is 0 Å². The lowest BCUT2D eigenvalue weighted by Gasteiger charge is -2.11. The number of aromatic nitrogens is 3. The summed E-state index contributed by atoms with van der Waals surface area (Å²) in [6.45, 7) is 2.72. The van der Waals surface area contributed by atoms with E-state index >= 15 is 0 Å². The highest BCUT2D eigenvalue weighted by molar-refractivity contribution is 5.85. The fraction of sp³-hybridized carbons (Fsp3) is 0.333. The highest BCUT2D eigenvalue weighted by atomic mass is 35.5. The largest absolute Gasteiger partial charge is 0.378 e. The minimum atomic E-state index is 0. The summed E-state index contributed by atoms with van der Waals surface area (Å²) in [6, 6.07) is 7.84. The first-order valence-electron chi connectivity index (χ1n) is 5.77. The Labute approximate surface area is 118 Å². The average Bonchev–Trinajstić information content (AvgIpc) is 2.84. The number of azo groups is 1. The van der Waals surface area contributed by atoms with E-state index in [4.69, 9.17) is 0 Å². The molecule has 0 aliphatic rings. The summed E-state index contributed by atoms with van der Waals surface area (Å²) in [6.07, 6.45) is 1.48. The average molecular weight is 281 g/mol. The van der Waals surface area contributed by atoms with Crippen molar-refractivity contribution >= 4 is 29.7 Å². The molecule has 0 aliphatic carbocycles. The van der Waals surface area contributed by atoms with E-state index in [1.807, 2.05) is 50.2 Å². The van der Waals surface area contributed by atoms with Crippen LogP contribution in [0.15, 0.2) is 40.8 Å². The lowest BCUT2D eigenvalue weighted by Crippen LogP contribution is -2.07. The van der Waals surface area contributed by atoms with Gasteiger partial charge in [-0.25, -0.2) is 4.68 Å². The van der Waals surface area contributed by atoms with Crippen molar-refractivity contribution in [3.8, 4) is 0 Å². The van der Waals surface area contributed by atoms with Crippen LogP contribution >= 0.6 is 12.4 Å². The molecule has 0 amide bonds. The number of nitrogens with zero attached hydrogens (tertiary/aromatic N) is 6. The standard InChI is InChI=1S/C12H16N6.ClH/c1-4-18-12(13-9-14-18)16-15-10-5-7-11(8-6-10)17(2)3;/h5-9H,4H2,1-3H3;1H. The smallest absolute Gasteiger partial charge is 0.267 e. The predicted molar refractivity (Wildman–Crippen MR) is 77.9 cm³/mol. The van der Waals surface area contributed by atoms with E-state index in [1.54, 1.807) is 4.68 Å². The van der Waals surface area contributed by atoms with E-state index in [0.717, 1.165) is 17.9 Å². The zero-order chi connectivity index (χ0) is 13.0. The molecule has 0 unspecified atom stereocenters. The summed E-state index contributed by atoms with van der Waals surface area (Å²) in [4.78, 5) is 6.07. The second-order valence-electron chi connectivity index (χ2n) is 3.99. The molecule has 7 heteroatoms. The number of anilines is 1. The van der Waals surface area contributed by atoms with Gasteiger partial charge in [0.1, 0.15) is 6.33 Å². The molecule has 0 spiro atoms. The second kappa shape index (κ2) is 6.84. The first-order valence-corrected chi connectivity index (χ1v) is 5.77. The van der Waals surface area contributed by atoms with E-state index in [9.17, 15) is 0 Å². The molecule has 0 N–H and O–H groups in total. The maximum atomic E-state index is 4.14. The number of halogens is 1. The Bertz CT molecular complexity index is 531. The van der Waals surface area contributed by atoms with Crippen LogP contribution in [-0.2, 0) is 6.54 Å². The summed E-state index contributed by atoms with van der Waals surface area (Å²) < 4.78 is 1.69. The third kappa shape index (κ3) is 3.75. The van der Waals surface area contributed by atoms with Gasteiger partial charge in [-0.3, -0.25) is 0 Å². The Morgan fingerprint density at radius 2 is 1.84 bits per heavy atom. The Morgan fingerprint density at radius 1 is 1.16 bits per heavy atom. The molecule has 1 aromatic heterocycles. The zero-order valence-corrected chi connectivity index (χ0v) is 12.0. The first-order chi connectivity index (χ1) is 8.70. The van der Waals surface area contributed by atoms with Gasteiger partial charge in [-0.15, -0.1) is 22.6 Å². The molecule has 1 aromatic carbocycles. The van der Waals surface area contributed by atoms with Gasteiger partial charge in [-0.05, 0) is 31.2 Å². The maximum absolute atomic E-state index is 4.14. The number of benzene rings is 1. The fourth-order valence-corrected chi connectivity index (χ4v) is 1.48. The topological polar surface area (TPSA) is 58.7 Å². The van der Waals surface area contributed by atoms with Gasteiger partial charge < -0.3 is 4.90 Å². The van der Waals surface area contributed by atoms with Crippen molar-refractivity contribution in [1.29, 1.82) is 0 Å². The molecule has 0 saturated heterocycles. The van der Waals surface area contributed by atoms with Gasteiger partial charge in [-0.2, -0.15) is 10.1 Å². The van der Waals surface area contributed by atoms with Gasteiger partial charge in [0.2, 0.25) is 0 Å². The van der Waals surface area contributed by atoms with Crippen molar-refractivity contribution in [3.05, 3.63) is 30.6 Å². The number of aryl methyl sites for hydroxylation is 1. The fourth-order valence-electron chi connectivity index (χ4n) is 1.48. The van der Waals surface area contributed by atoms with Crippen LogP contribution in [0.2, 0.25) is 0 Å². The van der Waals surface area contributed by atoms with Crippen LogP contribution < -0.4 is 4.90 Å². The van der Waals surface area contributed by atoms with E-state index in [2.05, 4.69) is 20.3 Å².